The van der Waals surface area contributed by atoms with Gasteiger partial charge in [0.1, 0.15) is 17.6 Å². The summed E-state index contributed by atoms with van der Waals surface area (Å²) in [7, 11) is 1.58. The lowest BCUT2D eigenvalue weighted by atomic mass is 9.55. The summed E-state index contributed by atoms with van der Waals surface area (Å²) in [5, 5.41) is 33.6. The Kier molecular flexibility index (Phi) is 5.02. The number of methoxy groups -OCH3 is 1. The van der Waals surface area contributed by atoms with Crippen molar-refractivity contribution in [3.05, 3.63) is 47.0 Å². The molecule has 0 amide bonds. The van der Waals surface area contributed by atoms with Gasteiger partial charge in [0.2, 0.25) is 0 Å². The lowest BCUT2D eigenvalue weighted by Gasteiger charge is -2.50. The molecule has 3 aliphatic rings. The van der Waals surface area contributed by atoms with Gasteiger partial charge >= 0.3 is 0 Å². The lowest BCUT2D eigenvalue weighted by Crippen LogP contribution is -2.45. The topological polar surface area (TPSA) is 110 Å². The lowest BCUT2D eigenvalue weighted by molar-refractivity contribution is -0.0180. The van der Waals surface area contributed by atoms with Crippen molar-refractivity contribution in [2.45, 2.75) is 57.7 Å². The van der Waals surface area contributed by atoms with E-state index in [2.05, 4.69) is 22.4 Å². The maximum atomic E-state index is 10.8. The number of benzene rings is 2. The Morgan fingerprint density at radius 1 is 1.15 bits per heavy atom. The number of aromatic nitrogens is 2. The van der Waals surface area contributed by atoms with Gasteiger partial charge in [0.15, 0.2) is 11.5 Å². The average Bonchev–Trinajstić information content (AvgIpc) is 3.42. The second-order valence-corrected chi connectivity index (χ2v) is 10.2. The molecule has 0 aliphatic heterocycles. The van der Waals surface area contributed by atoms with Crippen LogP contribution in [0.15, 0.2) is 40.1 Å². The Balaban J connectivity index is 1.34. The molecule has 3 aliphatic carbocycles. The maximum Gasteiger partial charge on any atom is 0.160 e. The first-order valence-corrected chi connectivity index (χ1v) is 12.0. The molecule has 0 saturated heterocycles. The summed E-state index contributed by atoms with van der Waals surface area (Å²) in [4.78, 5) is 5.82. The predicted molar refractivity (Wildman–Crippen MR) is 125 cm³/mol. The highest BCUT2D eigenvalue weighted by Gasteiger charge is 2.55. The average molecular weight is 464 g/mol. The first-order chi connectivity index (χ1) is 16.5. The summed E-state index contributed by atoms with van der Waals surface area (Å²) in [6.45, 7) is 2.54. The second-order valence-electron chi connectivity index (χ2n) is 10.2. The number of fused-ring (bicyclic) bond motifs is 6. The Labute approximate surface area is 197 Å². The van der Waals surface area contributed by atoms with E-state index in [-0.39, 0.29) is 23.9 Å². The van der Waals surface area contributed by atoms with Gasteiger partial charge in [-0.3, -0.25) is 0 Å². The molecule has 2 N–H and O–H groups in total. The number of hydrogen-bond acceptors (Lipinski definition) is 8. The Morgan fingerprint density at radius 2 is 2.00 bits per heavy atom. The van der Waals surface area contributed by atoms with Crippen molar-refractivity contribution in [2.24, 2.45) is 22.4 Å². The van der Waals surface area contributed by atoms with Gasteiger partial charge in [-0.25, -0.2) is 4.63 Å². The van der Waals surface area contributed by atoms with E-state index in [4.69, 9.17) is 14.2 Å². The first kappa shape index (κ1) is 21.4. The Bertz CT molecular complexity index is 1270. The predicted octanol–water partition coefficient (Wildman–Crippen LogP) is 4.53. The molecule has 1 heterocycles. The minimum Gasteiger partial charge on any atom is -0.504 e. The van der Waals surface area contributed by atoms with Crippen LogP contribution in [-0.4, -0.2) is 39.5 Å². The highest BCUT2D eigenvalue weighted by molar-refractivity contribution is 6.03. The van der Waals surface area contributed by atoms with Crippen molar-refractivity contribution >= 4 is 16.7 Å². The van der Waals surface area contributed by atoms with E-state index in [0.717, 1.165) is 54.5 Å². The zero-order chi connectivity index (χ0) is 23.4. The number of aliphatic hydroxyl groups excluding tert-OH is 1. The summed E-state index contributed by atoms with van der Waals surface area (Å²) >= 11 is 0. The van der Waals surface area contributed by atoms with Crippen LogP contribution in [0, 0.1) is 17.3 Å². The standard InChI is InChI=1S/C26H29N3O5/c1-26-8-7-15-16-12-24(32-2)23(30)11-18(16)21(10-17(15)19(26)4-6-25(26)31)27-33-13-14-3-5-20-22(9-14)29-34-28-20/h3,5,9,11-12,15,17,19,25,30-31H,4,6-8,10,13H2,1-2H3/b27-21+/t15?,17?,19?,25-,26-/m0/s1. The summed E-state index contributed by atoms with van der Waals surface area (Å²) < 4.78 is 10.2. The molecule has 5 atom stereocenters. The number of aromatic hydroxyl groups is 1. The molecule has 2 fully saturated rings. The van der Waals surface area contributed by atoms with Crippen LogP contribution in [0.2, 0.25) is 0 Å². The van der Waals surface area contributed by atoms with E-state index in [9.17, 15) is 10.2 Å². The van der Waals surface area contributed by atoms with Crippen LogP contribution in [0.4, 0.5) is 0 Å². The molecule has 1 aromatic heterocycles. The zero-order valence-electron chi connectivity index (χ0n) is 19.4. The van der Waals surface area contributed by atoms with Crippen LogP contribution in [0.1, 0.15) is 61.6 Å². The number of oxime groups is 1. The van der Waals surface area contributed by atoms with E-state index in [0.29, 0.717) is 34.5 Å². The number of phenols is 1. The number of rotatable bonds is 4. The van der Waals surface area contributed by atoms with Crippen molar-refractivity contribution in [1.82, 2.24) is 10.3 Å². The van der Waals surface area contributed by atoms with Gasteiger partial charge in [0.25, 0.3) is 0 Å². The third-order valence-electron chi connectivity index (χ3n) is 8.60. The van der Waals surface area contributed by atoms with Crippen LogP contribution < -0.4 is 4.74 Å². The van der Waals surface area contributed by atoms with Crippen LogP contribution in [0.25, 0.3) is 11.0 Å². The van der Waals surface area contributed by atoms with Crippen molar-refractivity contribution in [3.8, 4) is 11.5 Å². The molecule has 8 nitrogen and oxygen atoms in total. The van der Waals surface area contributed by atoms with Crippen molar-refractivity contribution in [3.63, 3.8) is 0 Å². The minimum absolute atomic E-state index is 0.0489. The normalized spacial score (nSPS) is 31.2. The third kappa shape index (κ3) is 3.27. The molecule has 3 unspecified atom stereocenters. The molecule has 8 heteroatoms. The Morgan fingerprint density at radius 3 is 2.85 bits per heavy atom. The van der Waals surface area contributed by atoms with E-state index in [1.807, 2.05) is 24.3 Å². The number of phenolic OH excluding ortho intramolecular Hbond substituents is 1. The molecule has 0 radical (unpaired) electrons. The van der Waals surface area contributed by atoms with Crippen LogP contribution >= 0.6 is 0 Å². The fourth-order valence-electron chi connectivity index (χ4n) is 6.76. The van der Waals surface area contributed by atoms with Gasteiger partial charge in [0.05, 0.1) is 18.9 Å². The highest BCUT2D eigenvalue weighted by atomic mass is 16.6. The summed E-state index contributed by atoms with van der Waals surface area (Å²) in [5.41, 5.74) is 5.17. The molecule has 2 aromatic carbocycles. The quantitative estimate of drug-likeness (QED) is 0.547. The van der Waals surface area contributed by atoms with Crippen molar-refractivity contribution in [2.75, 3.05) is 7.11 Å². The first-order valence-electron chi connectivity index (χ1n) is 12.0. The van der Waals surface area contributed by atoms with Crippen molar-refractivity contribution in [1.29, 1.82) is 0 Å². The van der Waals surface area contributed by atoms with Gasteiger partial charge in [-0.1, -0.05) is 18.1 Å². The zero-order valence-corrected chi connectivity index (χ0v) is 19.4. The van der Waals surface area contributed by atoms with E-state index >= 15 is 0 Å². The van der Waals surface area contributed by atoms with Crippen LogP contribution in [0.5, 0.6) is 11.5 Å². The van der Waals surface area contributed by atoms with Crippen LogP contribution in [0.3, 0.4) is 0 Å². The summed E-state index contributed by atoms with van der Waals surface area (Å²) in [5.74, 6) is 1.75. The van der Waals surface area contributed by atoms with Gasteiger partial charge in [-0.2, -0.15) is 0 Å². The molecule has 34 heavy (non-hydrogen) atoms. The van der Waals surface area contributed by atoms with Gasteiger partial charge in [-0.15, -0.1) is 0 Å². The molecule has 0 bridgehead atoms. The van der Waals surface area contributed by atoms with Gasteiger partial charge < -0.3 is 19.8 Å². The second kappa shape index (κ2) is 7.98. The molecular formula is C26H29N3O5. The third-order valence-corrected chi connectivity index (χ3v) is 8.60. The van der Waals surface area contributed by atoms with Gasteiger partial charge in [-0.05, 0) is 101 Å². The Hall–Kier alpha value is -3.13. The van der Waals surface area contributed by atoms with E-state index in [1.54, 1.807) is 13.2 Å². The fourth-order valence-corrected chi connectivity index (χ4v) is 6.76. The largest absolute Gasteiger partial charge is 0.504 e. The SMILES string of the molecule is COc1cc2c(cc1O)/C(=N/OCc1ccc3nonc3c1)CC1C2CC[C@@]2(C)C1CC[C@@H]2O. The number of ether oxygens (including phenoxy) is 1. The fraction of sp³-hybridized carbons (Fsp3) is 0.500. The number of aliphatic hydroxyl groups is 1. The smallest absolute Gasteiger partial charge is 0.160 e. The molecule has 178 valence electrons. The van der Waals surface area contributed by atoms with Gasteiger partial charge in [0, 0.05) is 5.56 Å². The van der Waals surface area contributed by atoms with Crippen LogP contribution in [-0.2, 0) is 11.4 Å². The monoisotopic (exact) mass is 463 g/mol. The minimum atomic E-state index is -0.244. The summed E-state index contributed by atoms with van der Waals surface area (Å²) in [6, 6.07) is 9.37. The van der Waals surface area contributed by atoms with E-state index in [1.165, 1.54) is 0 Å². The maximum absolute atomic E-state index is 10.8. The number of nitrogens with zero attached hydrogens (tertiary/aromatic N) is 3. The molecule has 0 spiro atoms. The molecule has 3 aromatic rings. The molecule has 6 rings (SSSR count). The van der Waals surface area contributed by atoms with Crippen molar-refractivity contribution < 1.29 is 24.4 Å². The number of hydrogen-bond donors (Lipinski definition) is 2. The van der Waals surface area contributed by atoms with E-state index < -0.39 is 0 Å². The molecule has 2 saturated carbocycles. The summed E-state index contributed by atoms with van der Waals surface area (Å²) in [6.07, 6.45) is 4.43. The highest BCUT2D eigenvalue weighted by Crippen LogP contribution is 2.61. The molecular weight excluding hydrogens is 434 g/mol.